The number of aliphatic carboxylic acids is 1. The minimum absolute atomic E-state index is 0.0250. The van der Waals surface area contributed by atoms with E-state index in [2.05, 4.69) is 9.51 Å². The van der Waals surface area contributed by atoms with Crippen molar-refractivity contribution in [2.24, 2.45) is 11.1 Å². The van der Waals surface area contributed by atoms with Crippen LogP contribution >= 0.6 is 7.82 Å². The summed E-state index contributed by atoms with van der Waals surface area (Å²) in [5, 5.41) is 19.3. The number of aliphatic hydroxyl groups excluding tert-OH is 1. The van der Waals surface area contributed by atoms with E-state index in [-0.39, 0.29) is 24.9 Å². The number of hydrogen-bond donors (Lipinski definition) is 6. The highest BCUT2D eigenvalue weighted by atomic mass is 31.2. The molecular formula is C14H22N3O10P. The van der Waals surface area contributed by atoms with Crippen molar-refractivity contribution in [2.45, 2.75) is 38.2 Å². The Balaban J connectivity index is 2.27. The standard InChI is InChI=1S/C14H22N3O10P/c1-14(6-15,12(20)21)3-7-4-17(13(22)16-11(7)19)10-2-8(18)9(27-10)5-26-28(23,24)25/h4,8-10,18H,2-3,5-6,15H2,1H3,(H,20,21)(H,16,19,22)(H2,23,24,25)/t8-,9+,10+,14-/m0/s1. The lowest BCUT2D eigenvalue weighted by molar-refractivity contribution is -0.147. The van der Waals surface area contributed by atoms with Gasteiger partial charge in [0, 0.05) is 24.7 Å². The molecule has 4 atom stereocenters. The van der Waals surface area contributed by atoms with Crippen LogP contribution in [0.1, 0.15) is 25.1 Å². The number of carbonyl (C=O) groups is 1. The summed E-state index contributed by atoms with van der Waals surface area (Å²) in [5.41, 5.74) is 2.41. The Morgan fingerprint density at radius 2 is 2.14 bits per heavy atom. The summed E-state index contributed by atoms with van der Waals surface area (Å²) in [7, 11) is -4.77. The largest absolute Gasteiger partial charge is 0.481 e. The summed E-state index contributed by atoms with van der Waals surface area (Å²) in [5.74, 6) is -1.21. The number of ether oxygens (including phenoxy) is 1. The molecule has 1 fully saturated rings. The van der Waals surface area contributed by atoms with Gasteiger partial charge in [0.15, 0.2) is 0 Å². The van der Waals surface area contributed by atoms with E-state index in [1.807, 2.05) is 0 Å². The highest BCUT2D eigenvalue weighted by molar-refractivity contribution is 7.46. The van der Waals surface area contributed by atoms with Crippen LogP contribution in [-0.4, -0.2) is 60.9 Å². The number of nitrogens with one attached hydrogen (secondary N) is 1. The fraction of sp³-hybridized carbons (Fsp3) is 0.643. The molecule has 0 unspecified atom stereocenters. The molecule has 2 heterocycles. The topological polar surface area (TPSA) is 214 Å². The number of nitrogens with zero attached hydrogens (tertiary/aromatic N) is 1. The highest BCUT2D eigenvalue weighted by Crippen LogP contribution is 2.38. The number of nitrogens with two attached hydrogens (primary N) is 1. The van der Waals surface area contributed by atoms with Gasteiger partial charge in [-0.15, -0.1) is 0 Å². The summed E-state index contributed by atoms with van der Waals surface area (Å²) in [6.07, 6.45) is -2.61. The lowest BCUT2D eigenvalue weighted by Crippen LogP contribution is -2.41. The monoisotopic (exact) mass is 423 g/mol. The van der Waals surface area contributed by atoms with Crippen molar-refractivity contribution in [3.8, 4) is 0 Å². The Morgan fingerprint density at radius 3 is 2.68 bits per heavy atom. The maximum atomic E-state index is 12.1. The van der Waals surface area contributed by atoms with Crippen LogP contribution in [0.4, 0.5) is 0 Å². The van der Waals surface area contributed by atoms with Crippen molar-refractivity contribution in [3.05, 3.63) is 32.6 Å². The molecular weight excluding hydrogens is 401 g/mol. The van der Waals surface area contributed by atoms with Crippen LogP contribution in [-0.2, 0) is 25.0 Å². The molecule has 158 valence electrons. The van der Waals surface area contributed by atoms with Crippen LogP contribution in [0, 0.1) is 5.41 Å². The lowest BCUT2D eigenvalue weighted by atomic mass is 9.84. The first-order valence-electron chi connectivity index (χ1n) is 8.18. The second-order valence-electron chi connectivity index (χ2n) is 6.79. The van der Waals surface area contributed by atoms with Gasteiger partial charge in [-0.2, -0.15) is 0 Å². The molecule has 13 nitrogen and oxygen atoms in total. The van der Waals surface area contributed by atoms with Gasteiger partial charge in [0.2, 0.25) is 0 Å². The molecule has 1 saturated heterocycles. The number of carboxylic acid groups (broad SMARTS) is 1. The van der Waals surface area contributed by atoms with E-state index in [4.69, 9.17) is 20.3 Å². The zero-order valence-corrected chi connectivity index (χ0v) is 15.7. The molecule has 1 aromatic rings. The fourth-order valence-electron chi connectivity index (χ4n) is 2.73. The second-order valence-corrected chi connectivity index (χ2v) is 8.03. The third kappa shape index (κ3) is 5.14. The Bertz CT molecular complexity index is 892. The fourth-order valence-corrected chi connectivity index (χ4v) is 3.07. The third-order valence-electron chi connectivity index (χ3n) is 4.51. The van der Waals surface area contributed by atoms with Crippen LogP contribution in [0.5, 0.6) is 0 Å². The number of aliphatic hydroxyl groups is 1. The minimum atomic E-state index is -4.77. The van der Waals surface area contributed by atoms with Gasteiger partial charge >= 0.3 is 19.5 Å². The van der Waals surface area contributed by atoms with Crippen LogP contribution < -0.4 is 17.0 Å². The first kappa shape index (κ1) is 22.4. The number of rotatable bonds is 8. The van der Waals surface area contributed by atoms with Crippen molar-refractivity contribution in [1.82, 2.24) is 9.55 Å². The van der Waals surface area contributed by atoms with E-state index >= 15 is 0 Å². The molecule has 0 amide bonds. The van der Waals surface area contributed by atoms with Gasteiger partial charge in [-0.3, -0.25) is 23.7 Å². The van der Waals surface area contributed by atoms with Crippen LogP contribution in [0.2, 0.25) is 0 Å². The van der Waals surface area contributed by atoms with Crippen molar-refractivity contribution < 1.29 is 38.6 Å². The molecule has 14 heteroatoms. The van der Waals surface area contributed by atoms with E-state index in [0.717, 1.165) is 10.8 Å². The van der Waals surface area contributed by atoms with Gasteiger partial charge in [0.1, 0.15) is 12.3 Å². The predicted octanol–water partition coefficient (Wildman–Crippen LogP) is -2.11. The Labute approximate surface area is 158 Å². The number of H-pyrrole nitrogens is 1. The molecule has 0 aliphatic carbocycles. The van der Waals surface area contributed by atoms with E-state index < -0.39 is 55.5 Å². The Kier molecular flexibility index (Phi) is 6.61. The summed E-state index contributed by atoms with van der Waals surface area (Å²) < 4.78 is 21.5. The van der Waals surface area contributed by atoms with Crippen LogP contribution in [0.15, 0.2) is 15.8 Å². The van der Waals surface area contributed by atoms with Gasteiger partial charge in [0.25, 0.3) is 5.56 Å². The zero-order chi connectivity index (χ0) is 21.3. The number of aromatic nitrogens is 2. The lowest BCUT2D eigenvalue weighted by Gasteiger charge is -2.23. The molecule has 28 heavy (non-hydrogen) atoms. The molecule has 0 aromatic carbocycles. The van der Waals surface area contributed by atoms with E-state index in [9.17, 15) is 29.2 Å². The zero-order valence-electron chi connectivity index (χ0n) is 14.8. The molecule has 2 rings (SSSR count). The van der Waals surface area contributed by atoms with Crippen molar-refractivity contribution >= 4 is 13.8 Å². The number of hydrogen-bond acceptors (Lipinski definition) is 8. The van der Waals surface area contributed by atoms with Crippen molar-refractivity contribution in [2.75, 3.05) is 13.2 Å². The number of carboxylic acids is 1. The van der Waals surface area contributed by atoms with Gasteiger partial charge in [-0.05, 0) is 13.3 Å². The smallest absolute Gasteiger partial charge is 0.469 e. The SMILES string of the molecule is C[C@@](CN)(Cc1cn([C@H]2C[C@H](O)[C@@H](COP(=O)(O)O)O2)c(=O)[nH]c1=O)C(=O)O. The third-order valence-corrected chi connectivity index (χ3v) is 5.00. The van der Waals surface area contributed by atoms with Crippen LogP contribution in [0.25, 0.3) is 0 Å². The molecule has 0 radical (unpaired) electrons. The number of phosphoric ester groups is 1. The quantitative estimate of drug-likeness (QED) is 0.249. The van der Waals surface area contributed by atoms with Crippen LogP contribution in [0.3, 0.4) is 0 Å². The van der Waals surface area contributed by atoms with Gasteiger partial charge in [-0.1, -0.05) is 0 Å². The summed E-state index contributed by atoms with van der Waals surface area (Å²) in [4.78, 5) is 55.1. The summed E-state index contributed by atoms with van der Waals surface area (Å²) in [6, 6.07) is 0. The number of phosphoric acid groups is 1. The minimum Gasteiger partial charge on any atom is -0.481 e. The van der Waals surface area contributed by atoms with E-state index in [0.29, 0.717) is 0 Å². The molecule has 0 saturated carbocycles. The molecule has 1 aromatic heterocycles. The highest BCUT2D eigenvalue weighted by Gasteiger charge is 2.38. The molecule has 7 N–H and O–H groups in total. The average molecular weight is 423 g/mol. The average Bonchev–Trinajstić information content (AvgIpc) is 2.95. The second kappa shape index (κ2) is 8.25. The number of aromatic amines is 1. The maximum Gasteiger partial charge on any atom is 0.469 e. The van der Waals surface area contributed by atoms with Gasteiger partial charge in [0.05, 0.1) is 18.1 Å². The summed E-state index contributed by atoms with van der Waals surface area (Å²) >= 11 is 0. The Morgan fingerprint density at radius 1 is 1.50 bits per heavy atom. The normalized spacial score (nSPS) is 24.8. The summed E-state index contributed by atoms with van der Waals surface area (Å²) in [6.45, 7) is 0.494. The molecule has 1 aliphatic rings. The van der Waals surface area contributed by atoms with Crippen molar-refractivity contribution in [3.63, 3.8) is 0 Å². The van der Waals surface area contributed by atoms with Gasteiger partial charge < -0.3 is 30.5 Å². The molecule has 0 spiro atoms. The van der Waals surface area contributed by atoms with Crippen molar-refractivity contribution in [1.29, 1.82) is 0 Å². The molecule has 1 aliphatic heterocycles. The molecule has 0 bridgehead atoms. The first-order valence-corrected chi connectivity index (χ1v) is 9.71. The Hall–Kier alpha value is -1.86. The maximum absolute atomic E-state index is 12.1. The van der Waals surface area contributed by atoms with Gasteiger partial charge in [-0.25, -0.2) is 9.36 Å². The first-order chi connectivity index (χ1) is 12.9. The van der Waals surface area contributed by atoms with E-state index in [1.165, 1.54) is 6.92 Å². The van der Waals surface area contributed by atoms with E-state index in [1.54, 1.807) is 0 Å². The predicted molar refractivity (Wildman–Crippen MR) is 92.4 cm³/mol.